The zero-order chi connectivity index (χ0) is 21.3. The third-order valence-corrected chi connectivity index (χ3v) is 6.24. The van der Waals surface area contributed by atoms with Gasteiger partial charge in [0.2, 0.25) is 0 Å². The normalized spacial score (nSPS) is 14.9. The molecule has 3 rings (SSSR count). The molecule has 0 unspecified atom stereocenters. The largest absolute Gasteiger partial charge is 0.495 e. The van der Waals surface area contributed by atoms with Crippen molar-refractivity contribution in [1.82, 2.24) is 10.2 Å². The van der Waals surface area contributed by atoms with E-state index in [9.17, 15) is 9.59 Å². The molecule has 0 aliphatic carbocycles. The van der Waals surface area contributed by atoms with Crippen LogP contribution in [0.15, 0.2) is 53.4 Å². The number of methoxy groups -OCH3 is 1. The summed E-state index contributed by atoms with van der Waals surface area (Å²) in [5, 5.41) is 5.39. The Hall–Kier alpha value is -2.51. The van der Waals surface area contributed by atoms with Crippen LogP contribution in [0.1, 0.15) is 18.4 Å². The van der Waals surface area contributed by atoms with E-state index in [1.165, 1.54) is 17.6 Å². The summed E-state index contributed by atoms with van der Waals surface area (Å²) in [7, 11) is 1.52. The van der Waals surface area contributed by atoms with Gasteiger partial charge in [-0.05, 0) is 61.9 Å². The summed E-state index contributed by atoms with van der Waals surface area (Å²) in [4.78, 5) is 28.2. The highest BCUT2D eigenvalue weighted by molar-refractivity contribution is 7.98. The predicted octanol–water partition coefficient (Wildman–Crippen LogP) is 3.38. The van der Waals surface area contributed by atoms with E-state index in [1.807, 2.05) is 0 Å². The minimum Gasteiger partial charge on any atom is -0.495 e. The number of nitrogens with zero attached hydrogens (tertiary/aromatic N) is 1. The number of hydrogen-bond acceptors (Lipinski definition) is 5. The molecule has 0 aromatic heterocycles. The molecule has 2 aromatic carbocycles. The molecule has 2 amide bonds. The molecule has 1 fully saturated rings. The van der Waals surface area contributed by atoms with Gasteiger partial charge in [-0.3, -0.25) is 14.5 Å². The van der Waals surface area contributed by atoms with Crippen molar-refractivity contribution in [1.29, 1.82) is 0 Å². The summed E-state index contributed by atoms with van der Waals surface area (Å²) in [5.41, 5.74) is 1.85. The molecule has 2 N–H and O–H groups in total. The van der Waals surface area contributed by atoms with Crippen molar-refractivity contribution in [2.45, 2.75) is 24.3 Å². The Bertz CT molecular complexity index is 866. The number of nitrogens with one attached hydrogen (secondary N) is 2. The number of piperidine rings is 1. The minimum absolute atomic E-state index is 0.389. The van der Waals surface area contributed by atoms with Gasteiger partial charge < -0.3 is 15.4 Å². The fraction of sp³-hybridized carbons (Fsp3) is 0.391. The Balaban J connectivity index is 1.42. The number of likely N-dealkylation sites (tertiary alicyclic amines) is 1. The number of rotatable bonds is 7. The smallest absolute Gasteiger partial charge is 0.313 e. The molecule has 30 heavy (non-hydrogen) atoms. The molecule has 1 heterocycles. The second-order valence-corrected chi connectivity index (χ2v) is 8.24. The van der Waals surface area contributed by atoms with E-state index in [2.05, 4.69) is 46.1 Å². The zero-order valence-electron chi connectivity index (χ0n) is 17.5. The lowest BCUT2D eigenvalue weighted by Crippen LogP contribution is -2.41. The zero-order valence-corrected chi connectivity index (χ0v) is 18.3. The number of ether oxygens (including phenoxy) is 1. The summed E-state index contributed by atoms with van der Waals surface area (Å²) >= 11 is 1.78. The van der Waals surface area contributed by atoms with E-state index in [-0.39, 0.29) is 0 Å². The SMILES string of the molecule is COc1ccccc1NC(=O)C(=O)NCC1CCN(Cc2ccccc2SC)CC1. The van der Waals surface area contributed by atoms with Gasteiger partial charge in [0, 0.05) is 18.0 Å². The van der Waals surface area contributed by atoms with E-state index >= 15 is 0 Å². The highest BCUT2D eigenvalue weighted by Gasteiger charge is 2.22. The highest BCUT2D eigenvalue weighted by atomic mass is 32.2. The maximum Gasteiger partial charge on any atom is 0.313 e. The van der Waals surface area contributed by atoms with Gasteiger partial charge in [-0.1, -0.05) is 30.3 Å². The number of benzene rings is 2. The monoisotopic (exact) mass is 427 g/mol. The highest BCUT2D eigenvalue weighted by Crippen LogP contribution is 2.25. The lowest BCUT2D eigenvalue weighted by molar-refractivity contribution is -0.136. The summed E-state index contributed by atoms with van der Waals surface area (Å²) in [6.07, 6.45) is 4.13. The van der Waals surface area contributed by atoms with Crippen LogP contribution in [0.25, 0.3) is 0 Å². The molecular weight excluding hydrogens is 398 g/mol. The first-order valence-electron chi connectivity index (χ1n) is 10.2. The van der Waals surface area contributed by atoms with Crippen molar-refractivity contribution in [3.63, 3.8) is 0 Å². The standard InChI is InChI=1S/C23H29N3O3S/c1-29-20-9-5-4-8-19(20)25-23(28)22(27)24-15-17-11-13-26(14-12-17)16-18-7-3-6-10-21(18)30-2/h3-10,17H,11-16H2,1-2H3,(H,24,27)(H,25,28). The quantitative estimate of drug-likeness (QED) is 0.524. The van der Waals surface area contributed by atoms with E-state index < -0.39 is 11.8 Å². The number of hydrogen-bond donors (Lipinski definition) is 2. The fourth-order valence-electron chi connectivity index (χ4n) is 3.67. The lowest BCUT2D eigenvalue weighted by atomic mass is 9.96. The molecule has 160 valence electrons. The number of thioether (sulfide) groups is 1. The molecule has 1 aliphatic rings. The third kappa shape index (κ3) is 6.00. The van der Waals surface area contributed by atoms with Crippen LogP contribution in [0.2, 0.25) is 0 Å². The summed E-state index contributed by atoms with van der Waals surface area (Å²) < 4.78 is 5.20. The van der Waals surface area contributed by atoms with Crippen LogP contribution < -0.4 is 15.4 Å². The average molecular weight is 428 g/mol. The van der Waals surface area contributed by atoms with Crippen LogP contribution in [0.5, 0.6) is 5.75 Å². The number of carbonyl (C=O) groups is 2. The summed E-state index contributed by atoms with van der Waals surface area (Å²) in [6, 6.07) is 15.5. The molecule has 0 spiro atoms. The first kappa shape index (κ1) is 22.2. The molecular formula is C23H29N3O3S. The second-order valence-electron chi connectivity index (χ2n) is 7.40. The van der Waals surface area contributed by atoms with E-state index in [4.69, 9.17) is 4.74 Å². The maximum atomic E-state index is 12.2. The molecule has 2 aromatic rings. The minimum atomic E-state index is -0.675. The van der Waals surface area contributed by atoms with Gasteiger partial charge >= 0.3 is 11.8 Å². The van der Waals surface area contributed by atoms with Crippen molar-refractivity contribution in [3.8, 4) is 5.75 Å². The molecule has 0 radical (unpaired) electrons. The van der Waals surface area contributed by atoms with Crippen LogP contribution in [-0.4, -0.2) is 49.7 Å². The van der Waals surface area contributed by atoms with Crippen molar-refractivity contribution in [3.05, 3.63) is 54.1 Å². The van der Waals surface area contributed by atoms with Crippen LogP contribution >= 0.6 is 11.8 Å². The summed E-state index contributed by atoms with van der Waals surface area (Å²) in [5.74, 6) is -0.378. The second kappa shape index (κ2) is 11.0. The Kier molecular flexibility index (Phi) is 8.16. The van der Waals surface area contributed by atoms with Gasteiger partial charge in [0.25, 0.3) is 0 Å². The average Bonchev–Trinajstić information content (AvgIpc) is 2.79. The Morgan fingerprint density at radius 3 is 2.50 bits per heavy atom. The number of anilines is 1. The van der Waals surface area contributed by atoms with Gasteiger partial charge in [0.05, 0.1) is 12.8 Å². The van der Waals surface area contributed by atoms with E-state index in [0.29, 0.717) is 23.9 Å². The van der Waals surface area contributed by atoms with Gasteiger partial charge in [0.1, 0.15) is 5.75 Å². The Morgan fingerprint density at radius 2 is 1.77 bits per heavy atom. The Labute approximate surface area is 182 Å². The predicted molar refractivity (Wildman–Crippen MR) is 121 cm³/mol. The molecule has 0 bridgehead atoms. The van der Waals surface area contributed by atoms with Crippen LogP contribution in [0.4, 0.5) is 5.69 Å². The van der Waals surface area contributed by atoms with Gasteiger partial charge in [-0.2, -0.15) is 0 Å². The molecule has 6 nitrogen and oxygen atoms in total. The molecule has 1 aliphatic heterocycles. The molecule has 0 atom stereocenters. The fourth-order valence-corrected chi connectivity index (χ4v) is 4.28. The van der Waals surface area contributed by atoms with E-state index in [0.717, 1.165) is 32.5 Å². The number of para-hydroxylation sites is 2. The number of amides is 2. The van der Waals surface area contributed by atoms with Gasteiger partial charge in [0.15, 0.2) is 0 Å². The van der Waals surface area contributed by atoms with Crippen LogP contribution in [0.3, 0.4) is 0 Å². The van der Waals surface area contributed by atoms with Crippen LogP contribution in [-0.2, 0) is 16.1 Å². The Morgan fingerprint density at radius 1 is 1.07 bits per heavy atom. The molecule has 1 saturated heterocycles. The first-order chi connectivity index (χ1) is 14.6. The molecule has 7 heteroatoms. The van der Waals surface area contributed by atoms with Crippen molar-refractivity contribution in [2.24, 2.45) is 5.92 Å². The van der Waals surface area contributed by atoms with Crippen LogP contribution in [0, 0.1) is 5.92 Å². The lowest BCUT2D eigenvalue weighted by Gasteiger charge is -2.32. The topological polar surface area (TPSA) is 70.7 Å². The van der Waals surface area contributed by atoms with Crippen molar-refractivity contribution >= 4 is 29.3 Å². The maximum absolute atomic E-state index is 12.2. The third-order valence-electron chi connectivity index (χ3n) is 5.41. The van der Waals surface area contributed by atoms with Gasteiger partial charge in [-0.25, -0.2) is 0 Å². The van der Waals surface area contributed by atoms with Gasteiger partial charge in [-0.15, -0.1) is 11.8 Å². The number of carbonyl (C=O) groups excluding carboxylic acids is 2. The van der Waals surface area contributed by atoms with E-state index in [1.54, 1.807) is 36.0 Å². The van der Waals surface area contributed by atoms with Crippen molar-refractivity contribution < 1.29 is 14.3 Å². The first-order valence-corrected chi connectivity index (χ1v) is 11.4. The van der Waals surface area contributed by atoms with Crippen molar-refractivity contribution in [2.75, 3.05) is 38.3 Å². The summed E-state index contributed by atoms with van der Waals surface area (Å²) in [6.45, 7) is 3.47. The molecule has 0 saturated carbocycles.